The number of rotatable bonds is 17. The van der Waals surface area contributed by atoms with Gasteiger partial charge in [0.2, 0.25) is 5.91 Å². The zero-order valence-corrected chi connectivity index (χ0v) is 25.5. The summed E-state index contributed by atoms with van der Waals surface area (Å²) in [5, 5.41) is 17.6. The minimum absolute atomic E-state index is 0.111. The number of carbonyl (C=O) groups excluding carboxylic acids is 1. The predicted octanol–water partition coefficient (Wildman–Crippen LogP) is 4.58. The molecule has 1 heterocycles. The van der Waals surface area contributed by atoms with Crippen molar-refractivity contribution in [3.8, 4) is 0 Å². The number of carbonyl (C=O) groups is 1. The molecule has 0 aliphatic carbocycles. The molecule has 1 fully saturated rings. The Labute approximate surface area is 248 Å². The lowest BCUT2D eigenvalue weighted by atomic mass is 9.95. The summed E-state index contributed by atoms with van der Waals surface area (Å²) in [6.07, 6.45) is 4.75. The van der Waals surface area contributed by atoms with E-state index in [2.05, 4.69) is 34.6 Å². The number of hydrogen-bond donors (Lipinski definition) is 3. The SMILES string of the molecule is CCOCC1CCN([C@@H](CCSC)C(=O)N[C@@H](Cc2cc(F)cc(F)c2)[C@H](O)CNCc2cccc(CC)c2)CC1. The van der Waals surface area contributed by atoms with E-state index in [1.807, 2.05) is 25.3 Å². The molecular formula is C32H47F2N3O3S. The summed E-state index contributed by atoms with van der Waals surface area (Å²) in [6, 6.07) is 10.5. The van der Waals surface area contributed by atoms with Crippen molar-refractivity contribution in [3.05, 3.63) is 70.8 Å². The number of piperidine rings is 1. The van der Waals surface area contributed by atoms with Crippen molar-refractivity contribution in [1.29, 1.82) is 0 Å². The zero-order valence-electron chi connectivity index (χ0n) is 24.7. The first-order valence-corrected chi connectivity index (χ1v) is 16.2. The second kappa shape index (κ2) is 17.8. The molecule has 9 heteroatoms. The number of benzene rings is 2. The fraction of sp³-hybridized carbons (Fsp3) is 0.594. The molecular weight excluding hydrogens is 544 g/mol. The van der Waals surface area contributed by atoms with E-state index in [4.69, 9.17) is 4.74 Å². The van der Waals surface area contributed by atoms with Gasteiger partial charge in [-0.05, 0) is 98.9 Å². The molecule has 0 radical (unpaired) electrons. The largest absolute Gasteiger partial charge is 0.390 e. The molecule has 1 aliphatic rings. The highest BCUT2D eigenvalue weighted by Gasteiger charge is 2.32. The van der Waals surface area contributed by atoms with E-state index >= 15 is 0 Å². The van der Waals surface area contributed by atoms with Gasteiger partial charge in [0.25, 0.3) is 0 Å². The predicted molar refractivity (Wildman–Crippen MR) is 163 cm³/mol. The first kappa shape index (κ1) is 33.5. The second-order valence-corrected chi connectivity index (χ2v) is 11.9. The molecule has 3 N–H and O–H groups in total. The number of aryl methyl sites for hydroxylation is 1. The highest BCUT2D eigenvalue weighted by molar-refractivity contribution is 7.98. The van der Waals surface area contributed by atoms with Crippen LogP contribution in [0.3, 0.4) is 0 Å². The topological polar surface area (TPSA) is 73.8 Å². The number of nitrogens with one attached hydrogen (secondary N) is 2. The van der Waals surface area contributed by atoms with Gasteiger partial charge in [-0.25, -0.2) is 8.78 Å². The number of amides is 1. The quantitative estimate of drug-likeness (QED) is 0.250. The molecule has 41 heavy (non-hydrogen) atoms. The third-order valence-electron chi connectivity index (χ3n) is 7.80. The lowest BCUT2D eigenvalue weighted by Gasteiger charge is -2.37. The van der Waals surface area contributed by atoms with Gasteiger partial charge in [0, 0.05) is 32.4 Å². The second-order valence-electron chi connectivity index (χ2n) is 10.9. The van der Waals surface area contributed by atoms with Gasteiger partial charge in [-0.15, -0.1) is 0 Å². The van der Waals surface area contributed by atoms with Crippen LogP contribution in [0.2, 0.25) is 0 Å². The molecule has 1 amide bonds. The molecule has 0 bridgehead atoms. The summed E-state index contributed by atoms with van der Waals surface area (Å²) in [7, 11) is 0. The fourth-order valence-electron chi connectivity index (χ4n) is 5.44. The minimum atomic E-state index is -0.960. The van der Waals surface area contributed by atoms with Crippen LogP contribution in [-0.2, 0) is 28.9 Å². The van der Waals surface area contributed by atoms with E-state index in [0.717, 1.165) is 56.3 Å². The summed E-state index contributed by atoms with van der Waals surface area (Å²) in [5.41, 5.74) is 2.73. The van der Waals surface area contributed by atoms with Gasteiger partial charge in [0.05, 0.1) is 18.2 Å². The summed E-state index contributed by atoms with van der Waals surface area (Å²) in [5.74, 6) is -0.184. The number of nitrogens with zero attached hydrogens (tertiary/aromatic N) is 1. The highest BCUT2D eigenvalue weighted by atomic mass is 32.2. The van der Waals surface area contributed by atoms with E-state index in [1.165, 1.54) is 17.7 Å². The molecule has 1 aliphatic heterocycles. The van der Waals surface area contributed by atoms with Crippen LogP contribution in [0, 0.1) is 17.6 Å². The first-order chi connectivity index (χ1) is 19.8. The maximum atomic E-state index is 14.0. The molecule has 1 saturated heterocycles. The smallest absolute Gasteiger partial charge is 0.237 e. The first-order valence-electron chi connectivity index (χ1n) is 14.9. The van der Waals surface area contributed by atoms with Gasteiger partial charge in [0.15, 0.2) is 0 Å². The van der Waals surface area contributed by atoms with Gasteiger partial charge in [-0.2, -0.15) is 11.8 Å². The molecule has 2 aromatic rings. The summed E-state index contributed by atoms with van der Waals surface area (Å²) in [6.45, 7) is 7.97. The van der Waals surface area contributed by atoms with E-state index < -0.39 is 23.8 Å². The van der Waals surface area contributed by atoms with E-state index in [-0.39, 0.29) is 24.9 Å². The monoisotopic (exact) mass is 591 g/mol. The molecule has 0 saturated carbocycles. The number of aliphatic hydroxyl groups excluding tert-OH is 1. The number of halogens is 2. The number of thioether (sulfide) groups is 1. The van der Waals surface area contributed by atoms with Crippen molar-refractivity contribution in [3.63, 3.8) is 0 Å². The average molecular weight is 592 g/mol. The Kier molecular flexibility index (Phi) is 14.5. The number of aliphatic hydroxyl groups is 1. The van der Waals surface area contributed by atoms with Crippen molar-refractivity contribution < 1.29 is 23.4 Å². The van der Waals surface area contributed by atoms with Crippen molar-refractivity contribution in [2.75, 3.05) is 44.9 Å². The summed E-state index contributed by atoms with van der Waals surface area (Å²) < 4.78 is 33.6. The standard InChI is InChI=1S/C32H47F2N3O3S/c1-4-23-7-6-8-25(15-23)20-35-21-31(38)29(18-26-16-27(33)19-28(34)17-26)36-32(39)30(11-14-41-3)37-12-9-24(10-13-37)22-40-5-2/h6-8,15-17,19,24,29-31,35,38H,4-5,9-14,18,20-22H2,1-3H3,(H,36,39)/t29-,30-,31+/m0/s1. The van der Waals surface area contributed by atoms with Crippen LogP contribution in [0.5, 0.6) is 0 Å². The van der Waals surface area contributed by atoms with Crippen LogP contribution in [0.4, 0.5) is 8.78 Å². The van der Waals surface area contributed by atoms with Gasteiger partial charge in [-0.1, -0.05) is 31.2 Å². The maximum Gasteiger partial charge on any atom is 0.237 e. The molecule has 0 spiro atoms. The van der Waals surface area contributed by atoms with Crippen molar-refractivity contribution in [2.24, 2.45) is 5.92 Å². The van der Waals surface area contributed by atoms with Gasteiger partial charge < -0.3 is 20.5 Å². The Morgan fingerprint density at radius 3 is 2.46 bits per heavy atom. The van der Waals surface area contributed by atoms with Crippen molar-refractivity contribution in [1.82, 2.24) is 15.5 Å². The Morgan fingerprint density at radius 1 is 1.10 bits per heavy atom. The highest BCUT2D eigenvalue weighted by Crippen LogP contribution is 2.22. The lowest BCUT2D eigenvalue weighted by Crippen LogP contribution is -2.56. The fourth-order valence-corrected chi connectivity index (χ4v) is 5.89. The number of hydrogen-bond acceptors (Lipinski definition) is 6. The molecule has 0 aromatic heterocycles. The van der Waals surface area contributed by atoms with Crippen LogP contribution in [-0.4, -0.2) is 79.0 Å². The maximum absolute atomic E-state index is 14.0. The Hall–Kier alpha value is -2.04. The van der Waals surface area contributed by atoms with E-state index in [0.29, 0.717) is 31.1 Å². The van der Waals surface area contributed by atoms with Gasteiger partial charge >= 0.3 is 0 Å². The Morgan fingerprint density at radius 2 is 1.80 bits per heavy atom. The summed E-state index contributed by atoms with van der Waals surface area (Å²) in [4.78, 5) is 16.0. The van der Waals surface area contributed by atoms with Crippen LogP contribution >= 0.6 is 11.8 Å². The zero-order chi connectivity index (χ0) is 29.6. The minimum Gasteiger partial charge on any atom is -0.390 e. The third-order valence-corrected chi connectivity index (χ3v) is 8.44. The van der Waals surface area contributed by atoms with E-state index in [1.54, 1.807) is 11.8 Å². The van der Waals surface area contributed by atoms with E-state index in [9.17, 15) is 18.7 Å². The van der Waals surface area contributed by atoms with Crippen LogP contribution in [0.1, 0.15) is 49.8 Å². The molecule has 0 unspecified atom stereocenters. The van der Waals surface area contributed by atoms with Gasteiger partial charge in [0.1, 0.15) is 11.6 Å². The molecule has 3 rings (SSSR count). The molecule has 3 atom stereocenters. The Balaban J connectivity index is 1.70. The third kappa shape index (κ3) is 11.3. The number of likely N-dealkylation sites (tertiary alicyclic amines) is 1. The van der Waals surface area contributed by atoms with Gasteiger partial charge in [-0.3, -0.25) is 9.69 Å². The number of ether oxygens (including phenoxy) is 1. The molecule has 228 valence electrons. The summed E-state index contributed by atoms with van der Waals surface area (Å²) >= 11 is 1.70. The van der Waals surface area contributed by atoms with Crippen molar-refractivity contribution >= 4 is 17.7 Å². The average Bonchev–Trinajstić information content (AvgIpc) is 2.96. The van der Waals surface area contributed by atoms with Crippen LogP contribution in [0.25, 0.3) is 0 Å². The van der Waals surface area contributed by atoms with Crippen LogP contribution in [0.15, 0.2) is 42.5 Å². The van der Waals surface area contributed by atoms with Crippen molar-refractivity contribution in [2.45, 2.75) is 70.7 Å². The Bertz CT molecular complexity index is 1050. The normalized spacial score (nSPS) is 16.8. The lowest BCUT2D eigenvalue weighted by molar-refractivity contribution is -0.128. The van der Waals surface area contributed by atoms with Crippen LogP contribution < -0.4 is 10.6 Å². The molecule has 2 aromatic carbocycles. The molecule has 6 nitrogen and oxygen atoms in total.